The average molecular weight is 243 g/mol. The highest BCUT2D eigenvalue weighted by molar-refractivity contribution is 5.20. The summed E-state index contributed by atoms with van der Waals surface area (Å²) < 4.78 is 0. The lowest BCUT2D eigenvalue weighted by Crippen LogP contribution is -2.47. The van der Waals surface area contributed by atoms with Gasteiger partial charge in [-0.1, -0.05) is 42.9 Å². The summed E-state index contributed by atoms with van der Waals surface area (Å²) >= 11 is 0. The van der Waals surface area contributed by atoms with Crippen LogP contribution in [0, 0.1) is 5.92 Å². The van der Waals surface area contributed by atoms with Crippen molar-refractivity contribution in [2.45, 2.75) is 50.5 Å². The van der Waals surface area contributed by atoms with Crippen molar-refractivity contribution in [2.75, 3.05) is 13.1 Å². The second kappa shape index (κ2) is 5.05. The Morgan fingerprint density at radius 3 is 3.00 bits per heavy atom. The van der Waals surface area contributed by atoms with Crippen LogP contribution in [0.1, 0.15) is 44.9 Å². The summed E-state index contributed by atoms with van der Waals surface area (Å²) in [5.74, 6) is 0.899. The molecular formula is C17H25N. The third-order valence-corrected chi connectivity index (χ3v) is 5.29. The SMILES string of the molecule is C=C1/C=C\C=C/CC2CCC[C@@]23CCCN3CC1. The third kappa shape index (κ3) is 2.09. The van der Waals surface area contributed by atoms with Gasteiger partial charge in [-0.25, -0.2) is 0 Å². The van der Waals surface area contributed by atoms with Crippen LogP contribution in [0.15, 0.2) is 36.5 Å². The minimum absolute atomic E-state index is 0.551. The van der Waals surface area contributed by atoms with Gasteiger partial charge in [0.15, 0.2) is 0 Å². The molecule has 1 saturated carbocycles. The smallest absolute Gasteiger partial charge is 0.0241 e. The maximum Gasteiger partial charge on any atom is 0.0241 e. The molecule has 2 fully saturated rings. The first kappa shape index (κ1) is 12.2. The van der Waals surface area contributed by atoms with E-state index in [9.17, 15) is 0 Å². The summed E-state index contributed by atoms with van der Waals surface area (Å²) in [6.45, 7) is 6.71. The Labute approximate surface area is 111 Å². The van der Waals surface area contributed by atoms with Crippen LogP contribution in [0.4, 0.5) is 0 Å². The molecule has 98 valence electrons. The average Bonchev–Trinajstić information content (AvgIpc) is 2.95. The highest BCUT2D eigenvalue weighted by Gasteiger charge is 2.48. The summed E-state index contributed by atoms with van der Waals surface area (Å²) in [5, 5.41) is 0. The minimum atomic E-state index is 0.551. The van der Waals surface area contributed by atoms with E-state index in [1.807, 2.05) is 0 Å². The molecule has 2 atom stereocenters. The Balaban J connectivity index is 1.85. The van der Waals surface area contributed by atoms with E-state index in [2.05, 4.69) is 35.8 Å². The molecule has 0 amide bonds. The standard InChI is InChI=1S/C17H25N/c1-15-7-3-2-4-8-16-9-5-11-17(16)12-6-13-18(17)14-10-15/h2-4,7,16H,1,5-6,8-14H2/b4-2-,7-3-/t16?,17-/m1/s1. The van der Waals surface area contributed by atoms with E-state index in [0.717, 1.165) is 12.3 Å². The Kier molecular flexibility index (Phi) is 3.43. The summed E-state index contributed by atoms with van der Waals surface area (Å²) in [6, 6.07) is 0. The van der Waals surface area contributed by atoms with E-state index in [0.29, 0.717) is 5.54 Å². The van der Waals surface area contributed by atoms with Gasteiger partial charge in [0, 0.05) is 12.1 Å². The van der Waals surface area contributed by atoms with Gasteiger partial charge in [-0.15, -0.1) is 0 Å². The molecule has 0 aromatic rings. The molecule has 2 heterocycles. The molecule has 0 N–H and O–H groups in total. The number of rotatable bonds is 0. The minimum Gasteiger partial charge on any atom is -0.297 e. The van der Waals surface area contributed by atoms with Crippen LogP contribution in [0.25, 0.3) is 0 Å². The van der Waals surface area contributed by atoms with Crippen molar-refractivity contribution in [1.82, 2.24) is 4.90 Å². The molecule has 2 aliphatic heterocycles. The van der Waals surface area contributed by atoms with Crippen LogP contribution in [-0.4, -0.2) is 23.5 Å². The fourth-order valence-corrected chi connectivity index (χ4v) is 4.38. The summed E-state index contributed by atoms with van der Waals surface area (Å²) in [7, 11) is 0. The van der Waals surface area contributed by atoms with E-state index in [1.54, 1.807) is 0 Å². The fourth-order valence-electron chi connectivity index (χ4n) is 4.38. The van der Waals surface area contributed by atoms with Gasteiger partial charge in [-0.3, -0.25) is 4.90 Å². The van der Waals surface area contributed by atoms with Gasteiger partial charge in [0.25, 0.3) is 0 Å². The zero-order chi connectivity index (χ0) is 12.4. The second-order valence-corrected chi connectivity index (χ2v) is 6.21. The maximum atomic E-state index is 4.17. The molecule has 0 radical (unpaired) electrons. The lowest BCUT2D eigenvalue weighted by molar-refractivity contribution is 0.0968. The van der Waals surface area contributed by atoms with Gasteiger partial charge in [0.2, 0.25) is 0 Å². The van der Waals surface area contributed by atoms with Crippen molar-refractivity contribution >= 4 is 0 Å². The lowest BCUT2D eigenvalue weighted by Gasteiger charge is -2.40. The first-order valence-corrected chi connectivity index (χ1v) is 7.57. The molecule has 3 rings (SSSR count). The van der Waals surface area contributed by atoms with E-state index >= 15 is 0 Å². The molecule has 1 heteroatoms. The molecule has 1 unspecified atom stereocenters. The zero-order valence-corrected chi connectivity index (χ0v) is 11.4. The van der Waals surface area contributed by atoms with Crippen molar-refractivity contribution in [1.29, 1.82) is 0 Å². The summed E-state index contributed by atoms with van der Waals surface area (Å²) in [6.07, 6.45) is 18.5. The largest absolute Gasteiger partial charge is 0.297 e. The molecule has 18 heavy (non-hydrogen) atoms. The van der Waals surface area contributed by atoms with Crippen LogP contribution >= 0.6 is 0 Å². The van der Waals surface area contributed by atoms with E-state index in [-0.39, 0.29) is 0 Å². The number of nitrogens with zero attached hydrogens (tertiary/aromatic N) is 1. The topological polar surface area (TPSA) is 3.24 Å². The predicted octanol–water partition coefficient (Wildman–Crippen LogP) is 4.08. The van der Waals surface area contributed by atoms with E-state index in [1.165, 1.54) is 57.2 Å². The van der Waals surface area contributed by atoms with Gasteiger partial charge in [0.05, 0.1) is 0 Å². The molecule has 0 aromatic heterocycles. The predicted molar refractivity (Wildman–Crippen MR) is 77.5 cm³/mol. The quantitative estimate of drug-likeness (QED) is 0.619. The first-order chi connectivity index (χ1) is 8.81. The van der Waals surface area contributed by atoms with Crippen molar-refractivity contribution in [3.8, 4) is 0 Å². The van der Waals surface area contributed by atoms with Crippen molar-refractivity contribution in [3.63, 3.8) is 0 Å². The highest BCUT2D eigenvalue weighted by atomic mass is 15.2. The zero-order valence-electron chi connectivity index (χ0n) is 11.4. The second-order valence-electron chi connectivity index (χ2n) is 6.21. The summed E-state index contributed by atoms with van der Waals surface area (Å²) in [5.41, 5.74) is 1.83. The highest BCUT2D eigenvalue weighted by Crippen LogP contribution is 2.48. The molecule has 0 aromatic carbocycles. The number of hydrogen-bond acceptors (Lipinski definition) is 1. The van der Waals surface area contributed by atoms with Crippen LogP contribution < -0.4 is 0 Å². The van der Waals surface area contributed by atoms with Gasteiger partial charge in [-0.2, -0.15) is 0 Å². The Morgan fingerprint density at radius 1 is 1.17 bits per heavy atom. The summed E-state index contributed by atoms with van der Waals surface area (Å²) in [4.78, 5) is 2.81. The number of hydrogen-bond donors (Lipinski definition) is 0. The lowest BCUT2D eigenvalue weighted by atomic mass is 9.82. The van der Waals surface area contributed by atoms with E-state index in [4.69, 9.17) is 0 Å². The molecule has 0 bridgehead atoms. The maximum absolute atomic E-state index is 4.17. The third-order valence-electron chi connectivity index (χ3n) is 5.29. The molecule has 3 aliphatic rings. The normalized spacial score (nSPS) is 40.9. The van der Waals surface area contributed by atoms with Crippen LogP contribution in [0.5, 0.6) is 0 Å². The molecule has 1 spiro atoms. The molecule has 1 nitrogen and oxygen atoms in total. The van der Waals surface area contributed by atoms with Crippen LogP contribution in [-0.2, 0) is 0 Å². The molecule has 1 aliphatic carbocycles. The first-order valence-electron chi connectivity index (χ1n) is 7.57. The van der Waals surface area contributed by atoms with Crippen molar-refractivity contribution in [2.24, 2.45) is 5.92 Å². The van der Waals surface area contributed by atoms with Gasteiger partial charge < -0.3 is 0 Å². The van der Waals surface area contributed by atoms with Gasteiger partial charge >= 0.3 is 0 Å². The van der Waals surface area contributed by atoms with Gasteiger partial charge in [0.1, 0.15) is 0 Å². The monoisotopic (exact) mass is 243 g/mol. The van der Waals surface area contributed by atoms with Crippen LogP contribution in [0.2, 0.25) is 0 Å². The van der Waals surface area contributed by atoms with Crippen LogP contribution in [0.3, 0.4) is 0 Å². The Hall–Kier alpha value is -0.820. The molecular weight excluding hydrogens is 218 g/mol. The Bertz CT molecular complexity index is 375. The van der Waals surface area contributed by atoms with Crippen molar-refractivity contribution < 1.29 is 0 Å². The Morgan fingerprint density at radius 2 is 2.06 bits per heavy atom. The van der Waals surface area contributed by atoms with E-state index < -0.39 is 0 Å². The fraction of sp³-hybridized carbons (Fsp3) is 0.647. The number of allylic oxidation sites excluding steroid dienone is 4. The van der Waals surface area contributed by atoms with Crippen molar-refractivity contribution in [3.05, 3.63) is 36.5 Å². The van der Waals surface area contributed by atoms with Gasteiger partial charge in [-0.05, 0) is 51.0 Å². The molecule has 1 saturated heterocycles.